The second-order valence-electron chi connectivity index (χ2n) is 6.18. The molecule has 0 saturated carbocycles. The molecule has 1 N–H and O–H groups in total. The first-order valence-electron chi connectivity index (χ1n) is 8.52. The van der Waals surface area contributed by atoms with Crippen LogP contribution in [0.15, 0.2) is 66.7 Å². The van der Waals surface area contributed by atoms with Gasteiger partial charge in [-0.05, 0) is 30.3 Å². The monoisotopic (exact) mass is 423 g/mol. The smallest absolute Gasteiger partial charge is 0.167 e. The molecular weight excluding hydrogens is 412 g/mol. The van der Waals surface area contributed by atoms with E-state index >= 15 is 4.39 Å². The van der Waals surface area contributed by atoms with Crippen molar-refractivity contribution < 1.29 is 9.50 Å². The molecule has 0 amide bonds. The van der Waals surface area contributed by atoms with Gasteiger partial charge >= 0.3 is 0 Å². The largest absolute Gasteiger partial charge is 0.507 e. The number of halogens is 3. The van der Waals surface area contributed by atoms with Crippen molar-refractivity contribution in [2.75, 3.05) is 0 Å². The number of nitriles is 1. The Kier molecular flexibility index (Phi) is 4.98. The van der Waals surface area contributed by atoms with Crippen molar-refractivity contribution in [2.24, 2.45) is 0 Å². The standard InChI is InChI=1S/C22H12Cl2FN3O/c23-14-9-10-19(29)15(11-14)21-17(12-26)27-22(13-5-2-1-3-6-13)28(21)18-8-4-7-16(24)20(18)25/h1-11,29H. The van der Waals surface area contributed by atoms with E-state index in [2.05, 4.69) is 4.98 Å². The molecule has 0 aliphatic rings. The number of hydrogen-bond donors (Lipinski definition) is 1. The van der Waals surface area contributed by atoms with Gasteiger partial charge in [0, 0.05) is 16.1 Å². The number of aromatic nitrogens is 2. The van der Waals surface area contributed by atoms with Crippen LogP contribution in [0, 0.1) is 17.1 Å². The van der Waals surface area contributed by atoms with Gasteiger partial charge in [0.15, 0.2) is 11.5 Å². The summed E-state index contributed by atoms with van der Waals surface area (Å²) in [5.41, 5.74) is 1.24. The van der Waals surface area contributed by atoms with E-state index in [1.807, 2.05) is 24.3 Å². The van der Waals surface area contributed by atoms with Gasteiger partial charge in [-0.15, -0.1) is 0 Å². The second-order valence-corrected chi connectivity index (χ2v) is 7.02. The molecule has 4 aromatic rings. The summed E-state index contributed by atoms with van der Waals surface area (Å²) >= 11 is 12.1. The molecule has 0 saturated heterocycles. The van der Waals surface area contributed by atoms with Crippen molar-refractivity contribution >= 4 is 23.2 Å². The number of rotatable bonds is 3. The maximum absolute atomic E-state index is 15.0. The van der Waals surface area contributed by atoms with Gasteiger partial charge in [-0.2, -0.15) is 5.26 Å². The number of benzene rings is 3. The van der Waals surface area contributed by atoms with Gasteiger partial charge in [-0.1, -0.05) is 59.6 Å². The van der Waals surface area contributed by atoms with Crippen LogP contribution in [0.2, 0.25) is 10.0 Å². The van der Waals surface area contributed by atoms with E-state index in [-0.39, 0.29) is 33.4 Å². The Hall–Kier alpha value is -3.33. The van der Waals surface area contributed by atoms with Crippen LogP contribution in [0.3, 0.4) is 0 Å². The zero-order valence-electron chi connectivity index (χ0n) is 14.8. The Bertz CT molecular complexity index is 1260. The van der Waals surface area contributed by atoms with Crippen LogP contribution in [0.4, 0.5) is 4.39 Å². The summed E-state index contributed by atoms with van der Waals surface area (Å²) in [5, 5.41) is 20.5. The summed E-state index contributed by atoms with van der Waals surface area (Å²) in [6.45, 7) is 0. The molecule has 142 valence electrons. The molecule has 0 fully saturated rings. The van der Waals surface area contributed by atoms with Crippen LogP contribution in [0.1, 0.15) is 5.69 Å². The number of aromatic hydroxyl groups is 1. The van der Waals surface area contributed by atoms with E-state index in [9.17, 15) is 10.4 Å². The SMILES string of the molecule is N#Cc1nc(-c2ccccc2)n(-c2cccc(Cl)c2F)c1-c1cc(Cl)ccc1O. The second kappa shape index (κ2) is 7.59. The highest BCUT2D eigenvalue weighted by molar-refractivity contribution is 6.31. The zero-order valence-corrected chi connectivity index (χ0v) is 16.3. The summed E-state index contributed by atoms with van der Waals surface area (Å²) in [7, 11) is 0. The molecule has 4 rings (SSSR count). The first-order valence-corrected chi connectivity index (χ1v) is 9.28. The Morgan fingerprint density at radius 1 is 1.00 bits per heavy atom. The molecule has 1 aromatic heterocycles. The summed E-state index contributed by atoms with van der Waals surface area (Å²) in [4.78, 5) is 4.43. The summed E-state index contributed by atoms with van der Waals surface area (Å²) in [5.74, 6) is -0.456. The summed E-state index contributed by atoms with van der Waals surface area (Å²) in [6.07, 6.45) is 0. The minimum absolute atomic E-state index is 0.0146. The molecular formula is C22H12Cl2FN3O. The fraction of sp³-hybridized carbons (Fsp3) is 0. The van der Waals surface area contributed by atoms with Crippen LogP contribution < -0.4 is 0 Å². The van der Waals surface area contributed by atoms with Crippen molar-refractivity contribution in [3.8, 4) is 40.2 Å². The van der Waals surface area contributed by atoms with E-state index < -0.39 is 5.82 Å². The van der Waals surface area contributed by atoms with Crippen molar-refractivity contribution in [2.45, 2.75) is 0 Å². The van der Waals surface area contributed by atoms with Crippen molar-refractivity contribution in [1.29, 1.82) is 5.26 Å². The first-order chi connectivity index (χ1) is 14.0. The van der Waals surface area contributed by atoms with Gasteiger partial charge in [-0.3, -0.25) is 4.57 Å². The molecule has 0 unspecified atom stereocenters. The molecule has 0 bridgehead atoms. The van der Waals surface area contributed by atoms with E-state index in [1.165, 1.54) is 34.9 Å². The first kappa shape index (κ1) is 19.0. The lowest BCUT2D eigenvalue weighted by molar-refractivity contribution is 0.477. The lowest BCUT2D eigenvalue weighted by Crippen LogP contribution is -2.03. The van der Waals surface area contributed by atoms with Crippen LogP contribution in [0.5, 0.6) is 5.75 Å². The van der Waals surface area contributed by atoms with Crippen molar-refractivity contribution in [3.05, 3.63) is 88.3 Å². The number of nitrogens with zero attached hydrogens (tertiary/aromatic N) is 3. The molecule has 0 aliphatic heterocycles. The number of phenols is 1. The third-order valence-corrected chi connectivity index (χ3v) is 4.93. The molecule has 29 heavy (non-hydrogen) atoms. The highest BCUT2D eigenvalue weighted by Gasteiger charge is 2.25. The molecule has 1 heterocycles. The number of phenolic OH excluding ortho intramolecular Hbond substituents is 1. The van der Waals surface area contributed by atoms with Gasteiger partial charge < -0.3 is 5.11 Å². The van der Waals surface area contributed by atoms with Gasteiger partial charge in [-0.25, -0.2) is 9.37 Å². The molecule has 0 spiro atoms. The zero-order chi connectivity index (χ0) is 20.5. The number of hydrogen-bond acceptors (Lipinski definition) is 3. The van der Waals surface area contributed by atoms with Gasteiger partial charge in [0.1, 0.15) is 17.6 Å². The predicted molar refractivity (Wildman–Crippen MR) is 111 cm³/mol. The lowest BCUT2D eigenvalue weighted by atomic mass is 10.1. The Morgan fingerprint density at radius 3 is 2.48 bits per heavy atom. The van der Waals surface area contributed by atoms with Crippen LogP contribution in [-0.4, -0.2) is 14.7 Å². The average molecular weight is 424 g/mol. The third kappa shape index (κ3) is 3.33. The lowest BCUT2D eigenvalue weighted by Gasteiger charge is -2.15. The van der Waals surface area contributed by atoms with Gasteiger partial charge in [0.25, 0.3) is 0 Å². The topological polar surface area (TPSA) is 61.8 Å². The van der Waals surface area contributed by atoms with Crippen molar-refractivity contribution in [3.63, 3.8) is 0 Å². The average Bonchev–Trinajstić information content (AvgIpc) is 3.11. The Morgan fingerprint density at radius 2 is 1.76 bits per heavy atom. The van der Waals surface area contributed by atoms with E-state index in [4.69, 9.17) is 23.2 Å². The van der Waals surface area contributed by atoms with Crippen LogP contribution in [0.25, 0.3) is 28.3 Å². The number of imidazole rings is 1. The molecule has 0 aliphatic carbocycles. The highest BCUT2D eigenvalue weighted by Crippen LogP contribution is 2.39. The van der Waals surface area contributed by atoms with Gasteiger partial charge in [0.2, 0.25) is 0 Å². The fourth-order valence-corrected chi connectivity index (χ4v) is 3.47. The summed E-state index contributed by atoms with van der Waals surface area (Å²) < 4.78 is 16.5. The maximum Gasteiger partial charge on any atom is 0.167 e. The van der Waals surface area contributed by atoms with Crippen LogP contribution >= 0.6 is 23.2 Å². The molecule has 0 atom stereocenters. The van der Waals surface area contributed by atoms with E-state index in [1.54, 1.807) is 18.2 Å². The minimum atomic E-state index is -0.670. The predicted octanol–water partition coefficient (Wildman–Crippen LogP) is 6.23. The van der Waals surface area contributed by atoms with Crippen molar-refractivity contribution in [1.82, 2.24) is 9.55 Å². The molecule has 4 nitrogen and oxygen atoms in total. The Labute approximate surface area is 176 Å². The third-order valence-electron chi connectivity index (χ3n) is 4.40. The fourth-order valence-electron chi connectivity index (χ4n) is 3.13. The molecule has 7 heteroatoms. The van der Waals surface area contributed by atoms with Crippen LogP contribution in [-0.2, 0) is 0 Å². The highest BCUT2D eigenvalue weighted by atomic mass is 35.5. The quantitative estimate of drug-likeness (QED) is 0.424. The van der Waals surface area contributed by atoms with E-state index in [0.29, 0.717) is 16.4 Å². The molecule has 0 radical (unpaired) electrons. The Balaban J connectivity index is 2.16. The van der Waals surface area contributed by atoms with Gasteiger partial charge in [0.05, 0.1) is 16.4 Å². The minimum Gasteiger partial charge on any atom is -0.507 e. The van der Waals surface area contributed by atoms with E-state index in [0.717, 1.165) is 0 Å². The molecule has 3 aromatic carbocycles. The normalized spacial score (nSPS) is 10.7. The maximum atomic E-state index is 15.0. The summed E-state index contributed by atoms with van der Waals surface area (Å²) in [6, 6.07) is 20.1.